The quantitative estimate of drug-likeness (QED) is 0.256. The molecule has 9 heteroatoms. The number of hydrogen-bond acceptors (Lipinski definition) is 7. The standard InChI is InChI=1S/C29H24N4O3S2/c1-5-25-31-22(16-38-25)28(35)33(19-12-10-18(11-13-19)23-14-30-17-36-23)26(27(34)32-29(2,3)4)21-15-37-24-9-7-6-8-20(21)24/h1,6-17,26H,2-4H3,(H,32,34). The maximum atomic E-state index is 14.1. The number of hydrogen-bond donors (Lipinski definition) is 1. The zero-order chi connectivity index (χ0) is 26.9. The second-order valence-electron chi connectivity index (χ2n) is 9.60. The molecule has 2 amide bonds. The smallest absolute Gasteiger partial charge is 0.278 e. The van der Waals surface area contributed by atoms with Crippen LogP contribution in [-0.4, -0.2) is 27.3 Å². The Balaban J connectivity index is 1.69. The molecule has 1 unspecified atom stereocenters. The van der Waals surface area contributed by atoms with Crippen molar-refractivity contribution in [2.45, 2.75) is 32.4 Å². The number of nitrogens with one attached hydrogen (secondary N) is 1. The molecule has 3 heterocycles. The Morgan fingerprint density at radius 3 is 2.50 bits per heavy atom. The molecule has 1 atom stereocenters. The molecule has 190 valence electrons. The van der Waals surface area contributed by atoms with Crippen LogP contribution in [0, 0.1) is 12.3 Å². The van der Waals surface area contributed by atoms with E-state index in [2.05, 4.69) is 21.2 Å². The van der Waals surface area contributed by atoms with Crippen LogP contribution in [0.5, 0.6) is 0 Å². The first-order valence-corrected chi connectivity index (χ1v) is 13.5. The first-order chi connectivity index (χ1) is 18.2. The van der Waals surface area contributed by atoms with Gasteiger partial charge in [-0.25, -0.2) is 9.97 Å². The highest BCUT2D eigenvalue weighted by Gasteiger charge is 2.37. The number of oxazole rings is 1. The predicted octanol–water partition coefficient (Wildman–Crippen LogP) is 6.30. The van der Waals surface area contributed by atoms with Crippen molar-refractivity contribution in [1.29, 1.82) is 0 Å². The molecular formula is C29H24N4O3S2. The minimum atomic E-state index is -0.968. The number of nitrogens with zero attached hydrogens (tertiary/aromatic N) is 3. The van der Waals surface area contributed by atoms with E-state index in [0.717, 1.165) is 21.2 Å². The van der Waals surface area contributed by atoms with Gasteiger partial charge >= 0.3 is 0 Å². The summed E-state index contributed by atoms with van der Waals surface area (Å²) in [6.45, 7) is 5.73. The van der Waals surface area contributed by atoms with E-state index < -0.39 is 17.5 Å². The Kier molecular flexibility index (Phi) is 6.85. The van der Waals surface area contributed by atoms with Gasteiger partial charge in [0.1, 0.15) is 11.7 Å². The molecule has 38 heavy (non-hydrogen) atoms. The predicted molar refractivity (Wildman–Crippen MR) is 151 cm³/mol. The van der Waals surface area contributed by atoms with Gasteiger partial charge in [-0.1, -0.05) is 18.2 Å². The van der Waals surface area contributed by atoms with Crippen molar-refractivity contribution in [1.82, 2.24) is 15.3 Å². The molecule has 0 aliphatic heterocycles. The van der Waals surface area contributed by atoms with E-state index in [1.165, 1.54) is 34.0 Å². The van der Waals surface area contributed by atoms with E-state index >= 15 is 0 Å². The number of fused-ring (bicyclic) bond motifs is 1. The van der Waals surface area contributed by atoms with Crippen LogP contribution < -0.4 is 10.2 Å². The molecule has 0 bridgehead atoms. The number of amides is 2. The Hall–Kier alpha value is -4.26. The number of thiophene rings is 1. The van der Waals surface area contributed by atoms with Crippen LogP contribution in [0.2, 0.25) is 0 Å². The third-order valence-corrected chi connectivity index (χ3v) is 7.49. The van der Waals surface area contributed by atoms with E-state index in [1.807, 2.05) is 62.5 Å². The summed E-state index contributed by atoms with van der Waals surface area (Å²) in [4.78, 5) is 37.9. The van der Waals surface area contributed by atoms with Gasteiger partial charge < -0.3 is 9.73 Å². The van der Waals surface area contributed by atoms with Gasteiger partial charge in [-0.3, -0.25) is 14.5 Å². The lowest BCUT2D eigenvalue weighted by Gasteiger charge is -2.33. The molecule has 0 spiro atoms. The van der Waals surface area contributed by atoms with Crippen LogP contribution in [0.25, 0.3) is 21.4 Å². The fraction of sp³-hybridized carbons (Fsp3) is 0.172. The van der Waals surface area contributed by atoms with Crippen molar-refractivity contribution in [3.63, 3.8) is 0 Å². The minimum absolute atomic E-state index is 0.176. The molecule has 5 aromatic rings. The number of carbonyl (C=O) groups is 2. The molecule has 0 aliphatic carbocycles. The molecule has 0 radical (unpaired) electrons. The largest absolute Gasteiger partial charge is 0.444 e. The second kappa shape index (κ2) is 10.2. The third kappa shape index (κ3) is 5.09. The van der Waals surface area contributed by atoms with E-state index in [9.17, 15) is 9.59 Å². The number of rotatable bonds is 6. The zero-order valence-corrected chi connectivity index (χ0v) is 22.6. The van der Waals surface area contributed by atoms with Crippen molar-refractivity contribution >= 4 is 50.3 Å². The molecule has 0 fully saturated rings. The first kappa shape index (κ1) is 25.4. The van der Waals surface area contributed by atoms with Gasteiger partial charge in [-0.05, 0) is 67.8 Å². The average Bonchev–Trinajstić information content (AvgIpc) is 3.67. The van der Waals surface area contributed by atoms with Gasteiger partial charge in [-0.15, -0.1) is 29.1 Å². The maximum Gasteiger partial charge on any atom is 0.278 e. The number of benzene rings is 2. The van der Waals surface area contributed by atoms with Crippen LogP contribution in [0.3, 0.4) is 0 Å². The van der Waals surface area contributed by atoms with E-state index in [0.29, 0.717) is 16.5 Å². The van der Waals surface area contributed by atoms with E-state index in [4.69, 9.17) is 10.8 Å². The Bertz CT molecular complexity index is 1640. The number of carbonyl (C=O) groups excluding carboxylic acids is 2. The number of aromatic nitrogens is 2. The van der Waals surface area contributed by atoms with Gasteiger partial charge in [0, 0.05) is 32.4 Å². The van der Waals surface area contributed by atoms with Crippen LogP contribution >= 0.6 is 22.7 Å². The van der Waals surface area contributed by atoms with Gasteiger partial charge in [0.05, 0.1) is 6.20 Å². The summed E-state index contributed by atoms with van der Waals surface area (Å²) in [5.74, 6) is 2.34. The van der Waals surface area contributed by atoms with Gasteiger partial charge in [0.25, 0.3) is 5.91 Å². The van der Waals surface area contributed by atoms with Crippen LogP contribution in [0.1, 0.15) is 47.9 Å². The molecule has 3 aromatic heterocycles. The summed E-state index contributed by atoms with van der Waals surface area (Å²) < 4.78 is 6.44. The SMILES string of the molecule is C#Cc1nc(C(=O)N(c2ccc(-c3cnco3)cc2)C(C(=O)NC(C)(C)C)c2csc3ccccc23)cs1. The molecule has 0 saturated heterocycles. The summed E-state index contributed by atoms with van der Waals surface area (Å²) in [5.41, 5.74) is 1.70. The van der Waals surface area contributed by atoms with Crippen molar-refractivity contribution in [3.8, 4) is 23.7 Å². The topological polar surface area (TPSA) is 88.3 Å². The maximum absolute atomic E-state index is 14.1. The van der Waals surface area contributed by atoms with Crippen molar-refractivity contribution in [2.24, 2.45) is 0 Å². The van der Waals surface area contributed by atoms with Crippen LogP contribution in [0.15, 0.2) is 76.3 Å². The highest BCUT2D eigenvalue weighted by Crippen LogP contribution is 2.37. The lowest BCUT2D eigenvalue weighted by Crippen LogP contribution is -2.49. The Labute approximate surface area is 228 Å². The molecule has 7 nitrogen and oxygen atoms in total. The van der Waals surface area contributed by atoms with Crippen molar-refractivity contribution in [3.05, 3.63) is 88.1 Å². The van der Waals surface area contributed by atoms with Gasteiger partial charge in [0.15, 0.2) is 17.2 Å². The molecular weight excluding hydrogens is 516 g/mol. The highest BCUT2D eigenvalue weighted by atomic mass is 32.1. The van der Waals surface area contributed by atoms with Crippen LogP contribution in [-0.2, 0) is 4.79 Å². The first-order valence-electron chi connectivity index (χ1n) is 11.8. The fourth-order valence-electron chi connectivity index (χ4n) is 4.14. The Morgan fingerprint density at radius 1 is 1.08 bits per heavy atom. The number of thiazole rings is 1. The Morgan fingerprint density at radius 2 is 1.84 bits per heavy atom. The van der Waals surface area contributed by atoms with Gasteiger partial charge in [0.2, 0.25) is 5.91 Å². The molecule has 0 saturated carbocycles. The monoisotopic (exact) mass is 540 g/mol. The molecule has 1 N–H and O–H groups in total. The lowest BCUT2D eigenvalue weighted by atomic mass is 9.99. The zero-order valence-electron chi connectivity index (χ0n) is 21.0. The second-order valence-corrected chi connectivity index (χ2v) is 11.4. The normalized spacial score (nSPS) is 12.2. The average molecular weight is 541 g/mol. The summed E-state index contributed by atoms with van der Waals surface area (Å²) >= 11 is 2.74. The highest BCUT2D eigenvalue weighted by molar-refractivity contribution is 7.17. The molecule has 2 aromatic carbocycles. The number of terminal acetylenes is 1. The summed E-state index contributed by atoms with van der Waals surface area (Å²) in [6, 6.07) is 14.1. The van der Waals surface area contributed by atoms with Crippen molar-refractivity contribution < 1.29 is 14.0 Å². The fourth-order valence-corrected chi connectivity index (χ4v) is 5.71. The third-order valence-electron chi connectivity index (χ3n) is 5.74. The lowest BCUT2D eigenvalue weighted by molar-refractivity contribution is -0.123. The minimum Gasteiger partial charge on any atom is -0.444 e. The summed E-state index contributed by atoms with van der Waals surface area (Å²) in [7, 11) is 0. The van der Waals surface area contributed by atoms with Crippen LogP contribution in [0.4, 0.5) is 5.69 Å². The van der Waals surface area contributed by atoms with Crippen molar-refractivity contribution in [2.75, 3.05) is 4.90 Å². The summed E-state index contributed by atoms with van der Waals surface area (Å²) in [5, 5.41) is 7.94. The van der Waals surface area contributed by atoms with E-state index in [1.54, 1.807) is 23.7 Å². The molecule has 5 rings (SSSR count). The number of anilines is 1. The molecule has 0 aliphatic rings. The van der Waals surface area contributed by atoms with Gasteiger partial charge in [-0.2, -0.15) is 0 Å². The van der Waals surface area contributed by atoms with E-state index in [-0.39, 0.29) is 11.6 Å². The summed E-state index contributed by atoms with van der Waals surface area (Å²) in [6.07, 6.45) is 8.50.